The van der Waals surface area contributed by atoms with Crippen LogP contribution in [0, 0.1) is 5.92 Å². The third-order valence-electron chi connectivity index (χ3n) is 10.7. The molecule has 0 bridgehead atoms. The number of amides is 4. The minimum Gasteiger partial charge on any atom is -0.481 e. The van der Waals surface area contributed by atoms with E-state index in [1.165, 1.54) is 11.1 Å². The summed E-state index contributed by atoms with van der Waals surface area (Å²) >= 11 is 13.5. The number of benzene rings is 2. The topological polar surface area (TPSA) is 113 Å². The first-order valence-electron chi connectivity index (χ1n) is 17.9. The largest absolute Gasteiger partial charge is 0.481 e. The molecule has 3 aromatic rings. The monoisotopic (exact) mass is 856 g/mol. The van der Waals surface area contributed by atoms with Crippen molar-refractivity contribution in [3.05, 3.63) is 85.4 Å². The first kappa shape index (κ1) is 38.1. The number of pyridine rings is 1. The second-order valence-electron chi connectivity index (χ2n) is 13.7. The Morgan fingerprint density at radius 2 is 1.88 bits per heavy atom. The molecule has 52 heavy (non-hydrogen) atoms. The van der Waals surface area contributed by atoms with Gasteiger partial charge in [-0.25, -0.2) is 9.78 Å². The van der Waals surface area contributed by atoms with Crippen LogP contribution in [0.3, 0.4) is 0 Å². The number of urea groups is 1. The van der Waals surface area contributed by atoms with Crippen LogP contribution >= 0.6 is 23.2 Å². The summed E-state index contributed by atoms with van der Waals surface area (Å²) < 4.78 is 9.47. The summed E-state index contributed by atoms with van der Waals surface area (Å²) in [4.78, 5) is 43.1. The molecule has 0 spiro atoms. The second kappa shape index (κ2) is 16.6. The van der Waals surface area contributed by atoms with Crippen LogP contribution in [-0.2, 0) is 16.0 Å². The molecule has 3 atom stereocenters. The van der Waals surface area contributed by atoms with E-state index in [4.69, 9.17) is 32.9 Å². The van der Waals surface area contributed by atoms with E-state index in [1.54, 1.807) is 41.6 Å². The Morgan fingerprint density at radius 3 is 2.62 bits per heavy atom. The zero-order valence-corrected chi connectivity index (χ0v) is 33.6. The van der Waals surface area contributed by atoms with Crippen LogP contribution in [-0.4, -0.2) is 52.2 Å². The van der Waals surface area contributed by atoms with E-state index in [1.807, 2.05) is 28.3 Å². The molecule has 0 radical (unpaired) electrons. The van der Waals surface area contributed by atoms with Crippen LogP contribution in [0.25, 0.3) is 22.4 Å². The molecule has 3 aliphatic rings. The Morgan fingerprint density at radius 1 is 1.13 bits per heavy atom. The number of likely N-dealkylation sites (N-methyl/N-ethyl adjacent to an activating group) is 1. The predicted octanol–water partition coefficient (Wildman–Crippen LogP) is 5.66. The molecule has 2 aromatic carbocycles. The van der Waals surface area contributed by atoms with Gasteiger partial charge >= 0.3 is 184 Å². The smallest absolute Gasteiger partial charge is 0.217 e. The molecule has 1 aliphatic carbocycles. The molecule has 4 amide bonds. The van der Waals surface area contributed by atoms with E-state index in [9.17, 15) is 14.4 Å². The first-order valence-corrected chi connectivity index (χ1v) is 20.9. The molecular formula is C40H45Cl2IN5O4-. The molecule has 1 aromatic heterocycles. The van der Waals surface area contributed by atoms with Gasteiger partial charge in [-0.1, -0.05) is 20.3 Å². The van der Waals surface area contributed by atoms with Gasteiger partial charge in [-0.2, -0.15) is 0 Å². The van der Waals surface area contributed by atoms with E-state index in [0.29, 0.717) is 44.6 Å². The van der Waals surface area contributed by atoms with Crippen LogP contribution in [0.2, 0.25) is 10.0 Å². The Hall–Kier alpha value is -3.61. The summed E-state index contributed by atoms with van der Waals surface area (Å²) in [6.07, 6.45) is 11.3. The van der Waals surface area contributed by atoms with Gasteiger partial charge < -0.3 is 15.4 Å². The number of allylic oxidation sites excluding steroid dienone is 2. The van der Waals surface area contributed by atoms with Gasteiger partial charge in [-0.05, 0) is 68.4 Å². The van der Waals surface area contributed by atoms with Crippen molar-refractivity contribution in [1.29, 1.82) is 0 Å². The maximum atomic E-state index is 13.2. The number of nitrogens with one attached hydrogen (secondary N) is 3. The summed E-state index contributed by atoms with van der Waals surface area (Å²) in [5.41, 5.74) is 5.53. The van der Waals surface area contributed by atoms with Gasteiger partial charge in [-0.3, -0.25) is 0 Å². The molecule has 0 saturated carbocycles. The number of halogens is 3. The number of aryl methyl sites for hydroxylation is 1. The van der Waals surface area contributed by atoms with Gasteiger partial charge in [0.2, 0.25) is 5.88 Å². The summed E-state index contributed by atoms with van der Waals surface area (Å²) in [6.45, 7) is 5.15. The van der Waals surface area contributed by atoms with Crippen molar-refractivity contribution in [2.45, 2.75) is 76.7 Å². The Labute approximate surface area is 326 Å². The summed E-state index contributed by atoms with van der Waals surface area (Å²) in [7, 11) is 3.37. The van der Waals surface area contributed by atoms with Gasteiger partial charge in [0.1, 0.15) is 0 Å². The zero-order valence-electron chi connectivity index (χ0n) is 30.0. The van der Waals surface area contributed by atoms with Crippen LogP contribution in [0.5, 0.6) is 5.88 Å². The summed E-state index contributed by atoms with van der Waals surface area (Å²) in [5, 5.41) is 9.75. The number of methoxy groups -OCH3 is 1. The molecule has 3 unspecified atom stereocenters. The van der Waals surface area contributed by atoms with Crippen LogP contribution < -0.4 is 42.2 Å². The van der Waals surface area contributed by atoms with E-state index in [-0.39, 0.29) is 23.1 Å². The second-order valence-corrected chi connectivity index (χ2v) is 17.2. The summed E-state index contributed by atoms with van der Waals surface area (Å²) in [5.74, 6) is 0.660. The molecule has 1 fully saturated rings. The van der Waals surface area contributed by atoms with Crippen LogP contribution in [0.4, 0.5) is 10.5 Å². The minimum absolute atomic E-state index is 0.0543. The number of carbonyl (C=O) groups excluding carboxylic acids is 3. The number of hydrogen-bond donors (Lipinski definition) is 3. The van der Waals surface area contributed by atoms with Gasteiger partial charge in [0, 0.05) is 17.6 Å². The number of fused-ring (bicyclic) bond motifs is 1. The van der Waals surface area contributed by atoms with E-state index in [0.717, 1.165) is 69.2 Å². The molecule has 12 heteroatoms. The van der Waals surface area contributed by atoms with Crippen molar-refractivity contribution >= 4 is 46.7 Å². The third-order valence-corrected chi connectivity index (χ3v) is 13.6. The SMILES string of the molecule is CCC(CCC1(CC)CCNC(=O)N1)CC1CCc2cc(-c3cccc(-c4cccc(NC(=O)C5=CC=C[I-]N(C)C5=O)c4Cl)c3Cl)nc(OC)c21. The average molecular weight is 858 g/mol. The quantitative estimate of drug-likeness (QED) is 0.124. The molecule has 3 heterocycles. The van der Waals surface area contributed by atoms with Crippen LogP contribution in [0.15, 0.2) is 64.3 Å². The first-order chi connectivity index (χ1) is 25.1. The fraction of sp³-hybridized carbons (Fsp3) is 0.400. The number of ether oxygens (including phenoxy) is 1. The molecule has 1 saturated heterocycles. The fourth-order valence-corrected chi connectivity index (χ4v) is 9.65. The van der Waals surface area contributed by atoms with Crippen molar-refractivity contribution in [3.8, 4) is 28.3 Å². The third kappa shape index (κ3) is 7.99. The van der Waals surface area contributed by atoms with E-state index in [2.05, 4.69) is 35.9 Å². The fourth-order valence-electron chi connectivity index (χ4n) is 7.66. The van der Waals surface area contributed by atoms with E-state index >= 15 is 0 Å². The predicted molar refractivity (Wildman–Crippen MR) is 203 cm³/mol. The molecule has 3 N–H and O–H groups in total. The Balaban J connectivity index is 1.23. The number of rotatable bonds is 12. The molecule has 276 valence electrons. The average Bonchev–Trinajstić information content (AvgIpc) is 3.47. The summed E-state index contributed by atoms with van der Waals surface area (Å²) in [6, 6.07) is 13.2. The van der Waals surface area contributed by atoms with Crippen molar-refractivity contribution in [3.63, 3.8) is 0 Å². The van der Waals surface area contributed by atoms with Crippen molar-refractivity contribution < 1.29 is 40.6 Å². The van der Waals surface area contributed by atoms with E-state index < -0.39 is 27.4 Å². The molecule has 9 nitrogen and oxygen atoms in total. The Kier molecular flexibility index (Phi) is 12.2. The number of aromatic nitrogens is 1. The number of carbonyl (C=O) groups is 3. The van der Waals surface area contributed by atoms with Gasteiger partial charge in [-0.15, -0.1) is 0 Å². The molecular weight excluding hydrogens is 812 g/mol. The standard InChI is InChI=1S/C40H45Cl2IN5O4/c1-5-24(17-18-40(6-2)19-21-44-39(51)47-40)22-25-15-16-26-23-32(46-37(52-4)33(25)26)29-12-7-10-27(34(29)41)28-11-8-14-31(35(28)42)45-36(49)30-13-9-20-43-48(3)38(30)50/h7-14,20,23-25H,5-6,15-19,21-22H2,1-4H3,(H,45,49)(H2,44,47,51)/q-1. The Bertz CT molecular complexity index is 1930. The van der Waals surface area contributed by atoms with Crippen molar-refractivity contribution in [2.24, 2.45) is 5.92 Å². The maximum Gasteiger partial charge on any atom is 0.217 e. The van der Waals surface area contributed by atoms with Crippen molar-refractivity contribution in [1.82, 2.24) is 18.7 Å². The van der Waals surface area contributed by atoms with Crippen LogP contribution in [0.1, 0.15) is 75.8 Å². The zero-order chi connectivity index (χ0) is 37.0. The maximum absolute atomic E-state index is 13.2. The number of nitrogens with zero attached hydrogens (tertiary/aromatic N) is 2. The molecule has 6 rings (SSSR count). The van der Waals surface area contributed by atoms with Gasteiger partial charge in [0.05, 0.1) is 7.11 Å². The van der Waals surface area contributed by atoms with Crippen molar-refractivity contribution in [2.75, 3.05) is 26.0 Å². The minimum atomic E-state index is -0.613. The number of hydrogen-bond acceptors (Lipinski definition) is 5. The van der Waals surface area contributed by atoms with Gasteiger partial charge in [0.15, 0.2) is 0 Å². The normalized spacial score (nSPS) is 20.5. The number of anilines is 1. The van der Waals surface area contributed by atoms with Gasteiger partial charge in [0.25, 0.3) is 0 Å². The molecule has 2 aliphatic heterocycles.